The maximum Gasteiger partial charge on any atom is 0.415 e. The Morgan fingerprint density at radius 1 is 1.15 bits per heavy atom. The van der Waals surface area contributed by atoms with Crippen LogP contribution in [0.4, 0.5) is 23.7 Å². The standard InChI is InChI=1S/C27H35F3N4O4S/c1-15-8-20(23(36)31-11-16-12-39-13-21(35)32-16)33-22-18(15)9-17(10-19(22)25(2,3)4)34(14-27(28,29)30)24(37)38-26(5,6)7/h8-10,16H,11-14H2,1-7H3,(H,31,36)(H,32,35). The van der Waals surface area contributed by atoms with Crippen LogP contribution in [-0.4, -0.2) is 65.3 Å². The molecule has 0 radical (unpaired) electrons. The lowest BCUT2D eigenvalue weighted by Gasteiger charge is -2.30. The number of thioether (sulfide) groups is 1. The first-order valence-corrected chi connectivity index (χ1v) is 13.7. The predicted octanol–water partition coefficient (Wildman–Crippen LogP) is 5.11. The lowest BCUT2D eigenvalue weighted by Crippen LogP contribution is -2.48. The van der Waals surface area contributed by atoms with Crippen molar-refractivity contribution in [2.75, 3.05) is 29.5 Å². The molecule has 1 saturated heterocycles. The third kappa shape index (κ3) is 8.23. The number of hydrogen-bond donors (Lipinski definition) is 2. The van der Waals surface area contributed by atoms with Gasteiger partial charge in [-0.3, -0.25) is 14.5 Å². The Bertz CT molecular complexity index is 1270. The highest BCUT2D eigenvalue weighted by Gasteiger charge is 2.37. The molecule has 2 aromatic rings. The summed E-state index contributed by atoms with van der Waals surface area (Å²) in [7, 11) is 0. The Balaban J connectivity index is 2.05. The van der Waals surface area contributed by atoms with Crippen molar-refractivity contribution in [3.05, 3.63) is 35.0 Å². The topological polar surface area (TPSA) is 101 Å². The summed E-state index contributed by atoms with van der Waals surface area (Å²) in [6, 6.07) is 4.34. The van der Waals surface area contributed by atoms with Crippen LogP contribution in [0, 0.1) is 6.92 Å². The Morgan fingerprint density at radius 3 is 2.38 bits per heavy atom. The molecule has 1 aromatic carbocycles. The van der Waals surface area contributed by atoms with Crippen LogP contribution in [0.3, 0.4) is 0 Å². The molecular weight excluding hydrogens is 533 g/mol. The Morgan fingerprint density at radius 2 is 1.82 bits per heavy atom. The summed E-state index contributed by atoms with van der Waals surface area (Å²) >= 11 is 1.49. The minimum absolute atomic E-state index is 0.0200. The number of aryl methyl sites for hydroxylation is 1. The molecule has 0 aliphatic carbocycles. The smallest absolute Gasteiger partial charge is 0.415 e. The highest BCUT2D eigenvalue weighted by molar-refractivity contribution is 8.00. The van der Waals surface area contributed by atoms with Gasteiger partial charge in [0.1, 0.15) is 17.8 Å². The quantitative estimate of drug-likeness (QED) is 0.520. The third-order valence-electron chi connectivity index (χ3n) is 5.83. The molecular formula is C27H35F3N4O4S. The third-order valence-corrected chi connectivity index (χ3v) is 6.94. The number of carbonyl (C=O) groups excluding carboxylic acids is 3. The zero-order valence-corrected chi connectivity index (χ0v) is 24.0. The van der Waals surface area contributed by atoms with Gasteiger partial charge < -0.3 is 15.4 Å². The van der Waals surface area contributed by atoms with Crippen molar-refractivity contribution in [2.45, 2.75) is 71.7 Å². The second-order valence-electron chi connectivity index (χ2n) is 11.6. The van der Waals surface area contributed by atoms with Crippen LogP contribution in [0.5, 0.6) is 0 Å². The monoisotopic (exact) mass is 568 g/mol. The first-order chi connectivity index (χ1) is 17.8. The van der Waals surface area contributed by atoms with Gasteiger partial charge in [0.05, 0.1) is 17.3 Å². The predicted molar refractivity (Wildman–Crippen MR) is 146 cm³/mol. The molecule has 1 aliphatic rings. The van der Waals surface area contributed by atoms with Gasteiger partial charge in [-0.15, -0.1) is 11.8 Å². The van der Waals surface area contributed by atoms with E-state index in [1.165, 1.54) is 23.9 Å². The van der Waals surface area contributed by atoms with Gasteiger partial charge in [0, 0.05) is 23.4 Å². The number of benzene rings is 1. The molecule has 1 unspecified atom stereocenters. The zero-order valence-electron chi connectivity index (χ0n) is 23.2. The maximum atomic E-state index is 13.6. The molecule has 2 heterocycles. The highest BCUT2D eigenvalue weighted by Crippen LogP contribution is 2.36. The Labute approximate surface area is 230 Å². The van der Waals surface area contributed by atoms with Crippen LogP contribution < -0.4 is 15.5 Å². The van der Waals surface area contributed by atoms with Gasteiger partial charge in [0.15, 0.2) is 0 Å². The van der Waals surface area contributed by atoms with E-state index in [-0.39, 0.29) is 29.9 Å². The number of aromatic nitrogens is 1. The molecule has 1 atom stereocenters. The molecule has 3 amide bonds. The second-order valence-corrected chi connectivity index (χ2v) is 12.7. The number of carbonyl (C=O) groups is 3. The molecule has 0 bridgehead atoms. The number of pyridine rings is 1. The number of rotatable bonds is 5. The fraction of sp³-hybridized carbons (Fsp3) is 0.556. The van der Waals surface area contributed by atoms with E-state index in [1.54, 1.807) is 33.8 Å². The summed E-state index contributed by atoms with van der Waals surface area (Å²) < 4.78 is 45.9. The van der Waals surface area contributed by atoms with Crippen molar-refractivity contribution in [3.63, 3.8) is 0 Å². The first kappa shape index (κ1) is 30.5. The summed E-state index contributed by atoms with van der Waals surface area (Å²) in [5, 5.41) is 6.15. The zero-order chi connectivity index (χ0) is 29.3. The van der Waals surface area contributed by atoms with E-state index in [0.717, 1.165) is 0 Å². The van der Waals surface area contributed by atoms with Crippen LogP contribution in [0.2, 0.25) is 0 Å². The Hall–Kier alpha value is -3.02. The number of fused-ring (bicyclic) bond motifs is 1. The van der Waals surface area contributed by atoms with E-state index < -0.39 is 35.7 Å². The summed E-state index contributed by atoms with van der Waals surface area (Å²) in [5.41, 5.74) is 0.205. The van der Waals surface area contributed by atoms with Gasteiger partial charge >= 0.3 is 12.3 Å². The first-order valence-electron chi connectivity index (χ1n) is 12.5. The van der Waals surface area contributed by atoms with E-state index in [2.05, 4.69) is 15.6 Å². The molecule has 1 aliphatic heterocycles. The second kappa shape index (κ2) is 11.2. The number of alkyl halides is 3. The summed E-state index contributed by atoms with van der Waals surface area (Å²) in [5.74, 6) is 0.559. The van der Waals surface area contributed by atoms with Gasteiger partial charge in [-0.05, 0) is 62.4 Å². The number of anilines is 1. The molecule has 1 fully saturated rings. The SMILES string of the molecule is Cc1cc(C(=O)NCC2CSCC(=O)N2)nc2c(C(C)(C)C)cc(N(CC(F)(F)F)C(=O)OC(C)(C)C)cc12. The molecule has 39 heavy (non-hydrogen) atoms. The van der Waals surface area contributed by atoms with Crippen molar-refractivity contribution < 1.29 is 32.3 Å². The number of nitrogens with one attached hydrogen (secondary N) is 2. The van der Waals surface area contributed by atoms with Crippen LogP contribution in [0.15, 0.2) is 18.2 Å². The number of ether oxygens (including phenoxy) is 1. The normalized spacial score (nSPS) is 16.6. The minimum Gasteiger partial charge on any atom is -0.443 e. The summed E-state index contributed by atoms with van der Waals surface area (Å²) in [6.07, 6.45) is -5.78. The minimum atomic E-state index is -4.67. The summed E-state index contributed by atoms with van der Waals surface area (Å²) in [4.78, 5) is 42.7. The molecule has 0 saturated carbocycles. The van der Waals surface area contributed by atoms with Gasteiger partial charge in [-0.25, -0.2) is 9.78 Å². The average molecular weight is 569 g/mol. The van der Waals surface area contributed by atoms with Crippen molar-refractivity contribution in [2.24, 2.45) is 0 Å². The van der Waals surface area contributed by atoms with Crippen molar-refractivity contribution in [1.82, 2.24) is 15.6 Å². The van der Waals surface area contributed by atoms with Gasteiger partial charge in [0.2, 0.25) is 5.91 Å². The average Bonchev–Trinajstić information content (AvgIpc) is 2.78. The largest absolute Gasteiger partial charge is 0.443 e. The van der Waals surface area contributed by atoms with Gasteiger partial charge in [-0.1, -0.05) is 20.8 Å². The maximum absolute atomic E-state index is 13.6. The van der Waals surface area contributed by atoms with Gasteiger partial charge in [-0.2, -0.15) is 13.2 Å². The fourth-order valence-corrected chi connectivity index (χ4v) is 4.97. The molecule has 0 spiro atoms. The summed E-state index contributed by atoms with van der Waals surface area (Å²) in [6.45, 7) is 10.8. The number of nitrogens with zero attached hydrogens (tertiary/aromatic N) is 2. The van der Waals surface area contributed by atoms with Crippen molar-refractivity contribution in [3.8, 4) is 0 Å². The van der Waals surface area contributed by atoms with Crippen LogP contribution in [0.1, 0.15) is 63.2 Å². The van der Waals surface area contributed by atoms with Crippen molar-refractivity contribution in [1.29, 1.82) is 0 Å². The van der Waals surface area contributed by atoms with E-state index in [4.69, 9.17) is 4.74 Å². The molecule has 8 nitrogen and oxygen atoms in total. The number of hydrogen-bond acceptors (Lipinski definition) is 6. The van der Waals surface area contributed by atoms with E-state index in [9.17, 15) is 27.6 Å². The molecule has 1 aromatic heterocycles. The Kier molecular flexibility index (Phi) is 8.79. The lowest BCUT2D eigenvalue weighted by molar-refractivity contribution is -0.120. The fourth-order valence-electron chi connectivity index (χ4n) is 4.10. The highest BCUT2D eigenvalue weighted by atomic mass is 32.2. The molecule has 2 N–H and O–H groups in total. The lowest BCUT2D eigenvalue weighted by atomic mass is 9.84. The molecule has 214 valence electrons. The van der Waals surface area contributed by atoms with Gasteiger partial charge in [0.25, 0.3) is 5.91 Å². The molecule has 3 rings (SSSR count). The van der Waals surface area contributed by atoms with Crippen LogP contribution in [-0.2, 0) is 14.9 Å². The number of halogens is 3. The van der Waals surface area contributed by atoms with Crippen molar-refractivity contribution >= 4 is 46.3 Å². The molecule has 12 heteroatoms. The van der Waals surface area contributed by atoms with E-state index in [0.29, 0.717) is 38.4 Å². The van der Waals surface area contributed by atoms with Crippen LogP contribution >= 0.6 is 11.8 Å². The van der Waals surface area contributed by atoms with E-state index in [1.807, 2.05) is 20.8 Å². The van der Waals surface area contributed by atoms with E-state index >= 15 is 0 Å². The number of amides is 3. The van der Waals surface area contributed by atoms with Crippen LogP contribution in [0.25, 0.3) is 10.9 Å².